The predicted octanol–water partition coefficient (Wildman–Crippen LogP) is 3.70. The van der Waals surface area contributed by atoms with Crippen LogP contribution in [-0.4, -0.2) is 29.5 Å². The quantitative estimate of drug-likeness (QED) is 0.658. The molecule has 0 saturated carbocycles. The molecule has 0 aliphatic carbocycles. The van der Waals surface area contributed by atoms with Crippen LogP contribution >= 0.6 is 0 Å². The van der Waals surface area contributed by atoms with E-state index in [-0.39, 0.29) is 17.8 Å². The summed E-state index contributed by atoms with van der Waals surface area (Å²) in [5.41, 5.74) is 0.499. The van der Waals surface area contributed by atoms with Crippen LogP contribution < -0.4 is 5.32 Å². The molecule has 2 amide bonds. The molecule has 0 bridgehead atoms. The first kappa shape index (κ1) is 17.0. The molecule has 2 aromatic rings. The van der Waals surface area contributed by atoms with E-state index in [0.29, 0.717) is 18.8 Å². The third-order valence-electron chi connectivity index (χ3n) is 4.14. The third kappa shape index (κ3) is 3.80. The van der Waals surface area contributed by atoms with Gasteiger partial charge >= 0.3 is 6.03 Å². The minimum atomic E-state index is -0.476. The van der Waals surface area contributed by atoms with Crippen LogP contribution in [0.3, 0.4) is 0 Å². The van der Waals surface area contributed by atoms with E-state index >= 15 is 0 Å². The lowest BCUT2D eigenvalue weighted by Crippen LogP contribution is -2.34. The first-order valence-corrected chi connectivity index (χ1v) is 7.98. The number of nitrogens with zero attached hydrogens (tertiary/aromatic N) is 2. The second-order valence-corrected chi connectivity index (χ2v) is 5.82. The van der Waals surface area contributed by atoms with Crippen molar-refractivity contribution in [3.8, 4) is 0 Å². The summed E-state index contributed by atoms with van der Waals surface area (Å²) in [4.78, 5) is 24.5. The Balaban J connectivity index is 1.68. The molecule has 1 fully saturated rings. The van der Waals surface area contributed by atoms with Crippen LogP contribution in [0, 0.1) is 10.1 Å². The van der Waals surface area contributed by atoms with E-state index in [1.54, 1.807) is 12.0 Å². The number of ether oxygens (including phenoxy) is 1. The Morgan fingerprint density at radius 2 is 2.12 bits per heavy atom. The van der Waals surface area contributed by atoms with Crippen molar-refractivity contribution in [3.63, 3.8) is 0 Å². The van der Waals surface area contributed by atoms with Crippen LogP contribution in [0.15, 0.2) is 40.8 Å². The van der Waals surface area contributed by atoms with E-state index in [2.05, 4.69) is 5.32 Å². The fourth-order valence-electron chi connectivity index (χ4n) is 2.96. The van der Waals surface area contributed by atoms with Gasteiger partial charge in [0, 0.05) is 31.5 Å². The van der Waals surface area contributed by atoms with Gasteiger partial charge in [0.15, 0.2) is 0 Å². The number of amides is 2. The van der Waals surface area contributed by atoms with Crippen LogP contribution in [0.1, 0.15) is 30.4 Å². The summed E-state index contributed by atoms with van der Waals surface area (Å²) in [6.07, 6.45) is 1.71. The number of urea groups is 1. The van der Waals surface area contributed by atoms with Gasteiger partial charge in [0.2, 0.25) is 0 Å². The second-order valence-electron chi connectivity index (χ2n) is 5.82. The number of likely N-dealkylation sites (tertiary alicyclic amines) is 1. The van der Waals surface area contributed by atoms with Crippen LogP contribution in [0.5, 0.6) is 0 Å². The maximum Gasteiger partial charge on any atom is 0.322 e. The molecule has 0 unspecified atom stereocenters. The van der Waals surface area contributed by atoms with Gasteiger partial charge in [-0.1, -0.05) is 0 Å². The molecule has 0 spiro atoms. The van der Waals surface area contributed by atoms with Gasteiger partial charge in [0.05, 0.1) is 11.0 Å². The van der Waals surface area contributed by atoms with Gasteiger partial charge in [-0.25, -0.2) is 4.79 Å². The lowest BCUT2D eigenvalue weighted by molar-refractivity contribution is -0.384. The highest BCUT2D eigenvalue weighted by Gasteiger charge is 2.32. The van der Waals surface area contributed by atoms with Crippen molar-refractivity contribution < 1.29 is 18.9 Å². The van der Waals surface area contributed by atoms with Crippen LogP contribution in [0.4, 0.5) is 16.2 Å². The molecule has 1 aromatic heterocycles. The number of benzene rings is 1. The van der Waals surface area contributed by atoms with Crippen LogP contribution in [0.25, 0.3) is 0 Å². The summed E-state index contributed by atoms with van der Waals surface area (Å²) in [5, 5.41) is 13.5. The number of hydrogen-bond donors (Lipinski definition) is 1. The summed E-state index contributed by atoms with van der Waals surface area (Å²) < 4.78 is 10.8. The van der Waals surface area contributed by atoms with Crippen LogP contribution in [-0.2, 0) is 11.3 Å². The molecular formula is C17H19N3O5. The first-order valence-electron chi connectivity index (χ1n) is 7.98. The van der Waals surface area contributed by atoms with Crippen molar-refractivity contribution in [2.24, 2.45) is 0 Å². The van der Waals surface area contributed by atoms with Crippen molar-refractivity contribution in [2.45, 2.75) is 25.5 Å². The van der Waals surface area contributed by atoms with Gasteiger partial charge in [-0.2, -0.15) is 0 Å². The van der Waals surface area contributed by atoms with E-state index in [0.717, 1.165) is 24.4 Å². The summed E-state index contributed by atoms with van der Waals surface area (Å²) in [5.74, 6) is 1.46. The zero-order chi connectivity index (χ0) is 17.8. The zero-order valence-electron chi connectivity index (χ0n) is 13.8. The zero-order valence-corrected chi connectivity index (χ0v) is 13.8. The Bertz CT molecular complexity index is 756. The number of nitro benzene ring substituents is 1. The fourth-order valence-corrected chi connectivity index (χ4v) is 2.96. The topological polar surface area (TPSA) is 97.8 Å². The van der Waals surface area contributed by atoms with Gasteiger partial charge in [0.25, 0.3) is 5.69 Å². The van der Waals surface area contributed by atoms with Crippen LogP contribution in [0.2, 0.25) is 0 Å². The molecule has 25 heavy (non-hydrogen) atoms. The highest BCUT2D eigenvalue weighted by molar-refractivity contribution is 5.89. The Kier molecular flexibility index (Phi) is 4.99. The number of carbonyl (C=O) groups is 1. The smallest absolute Gasteiger partial charge is 0.322 e. The van der Waals surface area contributed by atoms with Crippen molar-refractivity contribution in [1.82, 2.24) is 4.90 Å². The minimum absolute atomic E-state index is 0.0155. The molecule has 2 heterocycles. The molecule has 1 atom stereocenters. The van der Waals surface area contributed by atoms with Gasteiger partial charge in [0.1, 0.15) is 18.1 Å². The molecule has 132 valence electrons. The lowest BCUT2D eigenvalue weighted by atomic mass is 10.2. The Labute approximate surface area is 144 Å². The molecule has 1 saturated heterocycles. The molecule has 1 N–H and O–H groups in total. The first-order chi connectivity index (χ1) is 12.1. The monoisotopic (exact) mass is 345 g/mol. The van der Waals surface area contributed by atoms with E-state index in [1.165, 1.54) is 24.3 Å². The number of rotatable bonds is 5. The average molecular weight is 345 g/mol. The van der Waals surface area contributed by atoms with E-state index in [1.807, 2.05) is 12.1 Å². The normalized spacial score (nSPS) is 16.8. The SMILES string of the molecule is COCc1ccc([C@H]2CCCN2C(=O)Nc2ccc([N+](=O)[O-])cc2)o1. The second kappa shape index (κ2) is 7.35. The lowest BCUT2D eigenvalue weighted by Gasteiger charge is -2.23. The molecule has 8 nitrogen and oxygen atoms in total. The summed E-state index contributed by atoms with van der Waals surface area (Å²) >= 11 is 0. The Morgan fingerprint density at radius 3 is 2.80 bits per heavy atom. The standard InChI is InChI=1S/C17H19N3O5/c1-24-11-14-8-9-16(25-14)15-3-2-10-19(15)17(21)18-12-4-6-13(7-5-12)20(22)23/h4-9,15H,2-3,10-11H2,1H3,(H,18,21)/t15-/m1/s1. The predicted molar refractivity (Wildman–Crippen MR) is 90.2 cm³/mol. The summed E-state index contributed by atoms with van der Waals surface area (Å²) in [6.45, 7) is 1.02. The van der Waals surface area contributed by atoms with Crippen molar-refractivity contribution in [1.29, 1.82) is 0 Å². The number of anilines is 1. The van der Waals surface area contributed by atoms with E-state index < -0.39 is 4.92 Å². The van der Waals surface area contributed by atoms with Crippen molar-refractivity contribution in [3.05, 3.63) is 58.0 Å². The Hall–Kier alpha value is -2.87. The van der Waals surface area contributed by atoms with Gasteiger partial charge in [-0.3, -0.25) is 10.1 Å². The van der Waals surface area contributed by atoms with Crippen molar-refractivity contribution in [2.75, 3.05) is 19.0 Å². The van der Waals surface area contributed by atoms with Gasteiger partial charge in [-0.05, 0) is 37.1 Å². The van der Waals surface area contributed by atoms with Gasteiger partial charge in [-0.15, -0.1) is 0 Å². The molecular weight excluding hydrogens is 326 g/mol. The number of carbonyl (C=O) groups excluding carboxylic acids is 1. The van der Waals surface area contributed by atoms with E-state index in [4.69, 9.17) is 9.15 Å². The summed E-state index contributed by atoms with van der Waals surface area (Å²) in [7, 11) is 1.60. The number of nitrogens with one attached hydrogen (secondary N) is 1. The highest BCUT2D eigenvalue weighted by Crippen LogP contribution is 2.33. The Morgan fingerprint density at radius 1 is 1.36 bits per heavy atom. The number of nitro groups is 1. The highest BCUT2D eigenvalue weighted by atomic mass is 16.6. The maximum absolute atomic E-state index is 12.6. The molecule has 1 aromatic carbocycles. The third-order valence-corrected chi connectivity index (χ3v) is 4.14. The largest absolute Gasteiger partial charge is 0.461 e. The number of methoxy groups -OCH3 is 1. The maximum atomic E-state index is 12.6. The number of hydrogen-bond acceptors (Lipinski definition) is 5. The molecule has 8 heteroatoms. The summed E-state index contributed by atoms with van der Waals surface area (Å²) in [6, 6.07) is 9.11. The molecule has 1 aliphatic heterocycles. The minimum Gasteiger partial charge on any atom is -0.461 e. The number of furan rings is 1. The number of non-ortho nitro benzene ring substituents is 1. The van der Waals surface area contributed by atoms with Crippen molar-refractivity contribution >= 4 is 17.4 Å². The molecule has 1 aliphatic rings. The van der Waals surface area contributed by atoms with Gasteiger partial charge < -0.3 is 19.4 Å². The average Bonchev–Trinajstić information content (AvgIpc) is 3.24. The fraction of sp³-hybridized carbons (Fsp3) is 0.353. The van der Waals surface area contributed by atoms with E-state index in [9.17, 15) is 14.9 Å². The molecule has 3 rings (SSSR count). The molecule has 0 radical (unpaired) electrons.